The lowest BCUT2D eigenvalue weighted by molar-refractivity contribution is 0.0943. The predicted molar refractivity (Wildman–Crippen MR) is 82.3 cm³/mol. The Hall–Kier alpha value is -2.77. The average molecular weight is 320 g/mol. The van der Waals surface area contributed by atoms with Crippen molar-refractivity contribution >= 4 is 5.91 Å². The minimum atomic E-state index is -0.776. The molecule has 23 heavy (non-hydrogen) atoms. The van der Waals surface area contributed by atoms with Gasteiger partial charge >= 0.3 is 5.69 Å². The molecular weight excluding hydrogens is 303 g/mol. The van der Waals surface area contributed by atoms with Gasteiger partial charge in [-0.05, 0) is 30.7 Å². The third-order valence-electron chi connectivity index (χ3n) is 3.28. The molecule has 0 unspecified atom stereocenters. The number of halogens is 1. The minimum Gasteiger partial charge on any atom is -0.350 e. The molecule has 8 heteroatoms. The molecule has 0 aliphatic heterocycles. The number of hydrogen-bond acceptors (Lipinski definition) is 4. The fourth-order valence-electron chi connectivity index (χ4n) is 1.93. The zero-order valence-corrected chi connectivity index (χ0v) is 12.9. The van der Waals surface area contributed by atoms with Crippen LogP contribution in [0.5, 0.6) is 0 Å². The second-order valence-electron chi connectivity index (χ2n) is 4.99. The maximum atomic E-state index is 13.0. The number of benzene rings is 1. The van der Waals surface area contributed by atoms with Crippen LogP contribution in [-0.2, 0) is 7.05 Å². The zero-order chi connectivity index (χ0) is 17.0. The van der Waals surface area contributed by atoms with Crippen molar-refractivity contribution in [3.63, 3.8) is 0 Å². The highest BCUT2D eigenvalue weighted by Crippen LogP contribution is 2.05. The molecule has 0 atom stereocenters. The molecule has 0 saturated carbocycles. The van der Waals surface area contributed by atoms with Gasteiger partial charge in [-0.25, -0.2) is 9.18 Å². The van der Waals surface area contributed by atoms with E-state index in [-0.39, 0.29) is 11.4 Å². The SMILES string of the molecule is CCCCNC(=O)c1nn(-c2ccc(F)cc2)c(=O)n(C)c1=O. The van der Waals surface area contributed by atoms with Crippen LogP contribution >= 0.6 is 0 Å². The molecule has 2 aromatic rings. The molecule has 0 bridgehead atoms. The molecule has 1 amide bonds. The lowest BCUT2D eigenvalue weighted by atomic mass is 10.3. The molecule has 122 valence electrons. The van der Waals surface area contributed by atoms with Crippen LogP contribution in [0.2, 0.25) is 0 Å². The quantitative estimate of drug-likeness (QED) is 0.818. The first-order chi connectivity index (χ1) is 11.0. The van der Waals surface area contributed by atoms with Crippen molar-refractivity contribution in [1.29, 1.82) is 0 Å². The second kappa shape index (κ2) is 6.99. The van der Waals surface area contributed by atoms with Crippen molar-refractivity contribution in [3.8, 4) is 5.69 Å². The van der Waals surface area contributed by atoms with Crippen LogP contribution in [0.1, 0.15) is 30.3 Å². The molecule has 0 aliphatic carbocycles. The number of nitrogens with one attached hydrogen (secondary N) is 1. The van der Waals surface area contributed by atoms with Gasteiger partial charge in [0.1, 0.15) is 5.82 Å². The fourth-order valence-corrected chi connectivity index (χ4v) is 1.93. The van der Waals surface area contributed by atoms with Crippen molar-refractivity contribution < 1.29 is 9.18 Å². The Morgan fingerprint density at radius 1 is 1.26 bits per heavy atom. The van der Waals surface area contributed by atoms with Crippen LogP contribution in [-0.4, -0.2) is 26.8 Å². The van der Waals surface area contributed by atoms with Gasteiger partial charge in [-0.2, -0.15) is 9.78 Å². The van der Waals surface area contributed by atoms with E-state index in [1.54, 1.807) is 0 Å². The molecule has 0 radical (unpaired) electrons. The molecule has 7 nitrogen and oxygen atoms in total. The molecule has 1 heterocycles. The van der Waals surface area contributed by atoms with E-state index < -0.39 is 23.0 Å². The van der Waals surface area contributed by atoms with Crippen molar-refractivity contribution in [2.24, 2.45) is 7.05 Å². The van der Waals surface area contributed by atoms with Crippen molar-refractivity contribution in [3.05, 3.63) is 56.6 Å². The van der Waals surface area contributed by atoms with Gasteiger partial charge in [-0.15, -0.1) is 0 Å². The van der Waals surface area contributed by atoms with Gasteiger partial charge in [-0.1, -0.05) is 13.3 Å². The van der Waals surface area contributed by atoms with Gasteiger partial charge in [0.05, 0.1) is 5.69 Å². The van der Waals surface area contributed by atoms with Crippen LogP contribution in [0, 0.1) is 5.82 Å². The number of nitrogens with zero attached hydrogens (tertiary/aromatic N) is 3. The molecule has 2 rings (SSSR count). The van der Waals surface area contributed by atoms with Crippen molar-refractivity contribution in [1.82, 2.24) is 19.7 Å². The normalized spacial score (nSPS) is 10.6. The molecule has 0 spiro atoms. The third kappa shape index (κ3) is 3.53. The number of carbonyl (C=O) groups is 1. The molecule has 1 aromatic carbocycles. The van der Waals surface area contributed by atoms with E-state index in [4.69, 9.17) is 0 Å². The highest BCUT2D eigenvalue weighted by Gasteiger charge is 2.18. The topological polar surface area (TPSA) is 86.0 Å². The van der Waals surface area contributed by atoms with E-state index in [1.807, 2.05) is 6.92 Å². The number of amides is 1. The van der Waals surface area contributed by atoms with Crippen molar-refractivity contribution in [2.45, 2.75) is 19.8 Å². The predicted octanol–water partition coefficient (Wildman–Crippen LogP) is 0.600. The van der Waals surface area contributed by atoms with E-state index in [0.717, 1.165) is 34.2 Å². The summed E-state index contributed by atoms with van der Waals surface area (Å²) in [6.45, 7) is 2.38. The zero-order valence-electron chi connectivity index (χ0n) is 12.9. The Labute approximate surface area is 131 Å². The average Bonchev–Trinajstić information content (AvgIpc) is 2.54. The van der Waals surface area contributed by atoms with Crippen molar-refractivity contribution in [2.75, 3.05) is 6.54 Å². The lowest BCUT2D eigenvalue weighted by Crippen LogP contribution is -2.44. The number of hydrogen-bond donors (Lipinski definition) is 1. The summed E-state index contributed by atoms with van der Waals surface area (Å²) >= 11 is 0. The summed E-state index contributed by atoms with van der Waals surface area (Å²) in [4.78, 5) is 36.3. The molecule has 1 aromatic heterocycles. The summed E-state index contributed by atoms with van der Waals surface area (Å²) in [7, 11) is 1.26. The van der Waals surface area contributed by atoms with E-state index >= 15 is 0 Å². The first kappa shape index (κ1) is 16.6. The van der Waals surface area contributed by atoms with Gasteiger partial charge in [0.25, 0.3) is 11.5 Å². The van der Waals surface area contributed by atoms with Crippen LogP contribution in [0.15, 0.2) is 33.9 Å². The lowest BCUT2D eigenvalue weighted by Gasteiger charge is -2.09. The summed E-state index contributed by atoms with van der Waals surface area (Å²) in [5, 5.41) is 6.43. The number of unbranched alkanes of at least 4 members (excludes halogenated alkanes) is 1. The maximum Gasteiger partial charge on any atom is 0.351 e. The van der Waals surface area contributed by atoms with Crippen LogP contribution in [0.4, 0.5) is 4.39 Å². The van der Waals surface area contributed by atoms with E-state index in [2.05, 4.69) is 10.4 Å². The number of carbonyl (C=O) groups excluding carboxylic acids is 1. The van der Waals surface area contributed by atoms with Gasteiger partial charge in [0.2, 0.25) is 5.69 Å². The monoisotopic (exact) mass is 320 g/mol. The minimum absolute atomic E-state index is 0.259. The van der Waals surface area contributed by atoms with Gasteiger partial charge in [-0.3, -0.25) is 14.2 Å². The fraction of sp³-hybridized carbons (Fsp3) is 0.333. The van der Waals surface area contributed by atoms with E-state index in [9.17, 15) is 18.8 Å². The smallest absolute Gasteiger partial charge is 0.350 e. The summed E-state index contributed by atoms with van der Waals surface area (Å²) in [5.74, 6) is -1.11. The Morgan fingerprint density at radius 3 is 2.52 bits per heavy atom. The standard InChI is InChI=1S/C15H17FN4O3/c1-3-4-9-17-13(21)12-14(22)19(2)15(23)20(18-12)11-7-5-10(16)6-8-11/h5-8H,3-4,9H2,1-2H3,(H,17,21). The largest absolute Gasteiger partial charge is 0.351 e. The number of aromatic nitrogens is 3. The Morgan fingerprint density at radius 2 is 1.91 bits per heavy atom. The molecule has 0 fully saturated rings. The molecule has 0 saturated heterocycles. The molecule has 1 N–H and O–H groups in total. The van der Waals surface area contributed by atoms with Crippen LogP contribution in [0.3, 0.4) is 0 Å². The van der Waals surface area contributed by atoms with E-state index in [0.29, 0.717) is 6.54 Å². The van der Waals surface area contributed by atoms with E-state index in [1.165, 1.54) is 19.2 Å². The van der Waals surface area contributed by atoms with Gasteiger partial charge in [0, 0.05) is 13.6 Å². The summed E-state index contributed by atoms with van der Waals surface area (Å²) in [5.41, 5.74) is -1.61. The number of rotatable bonds is 5. The van der Waals surface area contributed by atoms with Crippen LogP contribution < -0.4 is 16.6 Å². The first-order valence-electron chi connectivity index (χ1n) is 7.20. The Kier molecular flexibility index (Phi) is 5.05. The summed E-state index contributed by atoms with van der Waals surface area (Å²) in [6.07, 6.45) is 1.66. The van der Waals surface area contributed by atoms with Gasteiger partial charge in [0.15, 0.2) is 0 Å². The first-order valence-corrected chi connectivity index (χ1v) is 7.20. The second-order valence-corrected chi connectivity index (χ2v) is 4.99. The van der Waals surface area contributed by atoms with Gasteiger partial charge < -0.3 is 5.32 Å². The highest BCUT2D eigenvalue weighted by atomic mass is 19.1. The van der Waals surface area contributed by atoms with Crippen LogP contribution in [0.25, 0.3) is 5.69 Å². The molecule has 0 aliphatic rings. The molecular formula is C15H17FN4O3. The Bertz CT molecular complexity index is 824. The highest BCUT2D eigenvalue weighted by molar-refractivity contribution is 5.91. The third-order valence-corrected chi connectivity index (χ3v) is 3.28. The maximum absolute atomic E-state index is 13.0. The Balaban J connectivity index is 2.49. The summed E-state index contributed by atoms with van der Waals surface area (Å²) < 4.78 is 14.7. The summed E-state index contributed by atoms with van der Waals surface area (Å²) in [6, 6.07) is 5.01.